The van der Waals surface area contributed by atoms with Crippen molar-refractivity contribution in [3.8, 4) is 0 Å². The predicted octanol–water partition coefficient (Wildman–Crippen LogP) is 3.05. The lowest BCUT2D eigenvalue weighted by Gasteiger charge is -2.02. The summed E-state index contributed by atoms with van der Waals surface area (Å²) in [4.78, 5) is 15.2. The van der Waals surface area contributed by atoms with Gasteiger partial charge in [-0.3, -0.25) is 4.79 Å². The van der Waals surface area contributed by atoms with Gasteiger partial charge in [-0.25, -0.2) is 4.98 Å². The second-order valence-electron chi connectivity index (χ2n) is 3.78. The highest BCUT2D eigenvalue weighted by atomic mass is 32.1. The first-order chi connectivity index (χ1) is 8.36. The van der Waals surface area contributed by atoms with Crippen molar-refractivity contribution in [2.75, 3.05) is 0 Å². The van der Waals surface area contributed by atoms with Crippen LogP contribution in [-0.4, -0.2) is 21.5 Å². The Morgan fingerprint density at radius 3 is 2.78 bits per heavy atom. The highest BCUT2D eigenvalue weighted by Gasteiger charge is 2.39. The minimum atomic E-state index is -4.83. The number of carbonyl (C=O) groups excluding carboxylic acids is 1. The second-order valence-corrected chi connectivity index (χ2v) is 4.72. The summed E-state index contributed by atoms with van der Waals surface area (Å²) >= 11 is 1.43. The number of nitrogens with zero attached hydrogens (tertiary/aromatic N) is 2. The smallest absolute Gasteiger partial charge is 0.347 e. The van der Waals surface area contributed by atoms with Crippen molar-refractivity contribution in [1.29, 1.82) is 0 Å². The van der Waals surface area contributed by atoms with Gasteiger partial charge in [-0.2, -0.15) is 13.2 Å². The van der Waals surface area contributed by atoms with E-state index in [-0.39, 0.29) is 5.56 Å². The van der Waals surface area contributed by atoms with Crippen molar-refractivity contribution < 1.29 is 18.0 Å². The molecule has 2 rings (SSSR count). The Bertz CT molecular complexity index is 571. The number of aromatic nitrogens is 2. The average molecular weight is 274 g/mol. The van der Waals surface area contributed by atoms with E-state index in [0.29, 0.717) is 6.54 Å². The zero-order valence-corrected chi connectivity index (χ0v) is 10.2. The Kier molecular flexibility index (Phi) is 3.25. The van der Waals surface area contributed by atoms with Crippen molar-refractivity contribution >= 4 is 17.1 Å². The van der Waals surface area contributed by atoms with Crippen LogP contribution < -0.4 is 0 Å². The van der Waals surface area contributed by atoms with Crippen LogP contribution in [0.25, 0.3) is 0 Å². The number of ketones is 1. The normalized spacial score (nSPS) is 11.8. The van der Waals surface area contributed by atoms with Gasteiger partial charge in [0.2, 0.25) is 0 Å². The van der Waals surface area contributed by atoms with E-state index in [9.17, 15) is 18.0 Å². The van der Waals surface area contributed by atoms with Gasteiger partial charge in [0.15, 0.2) is 0 Å². The molecule has 0 radical (unpaired) electrons. The number of halogens is 3. The van der Waals surface area contributed by atoms with Gasteiger partial charge in [-0.1, -0.05) is 0 Å². The van der Waals surface area contributed by atoms with Gasteiger partial charge in [-0.15, -0.1) is 11.3 Å². The molecule has 0 spiro atoms. The van der Waals surface area contributed by atoms with E-state index in [1.165, 1.54) is 28.3 Å². The van der Waals surface area contributed by atoms with Crippen molar-refractivity contribution in [2.24, 2.45) is 0 Å². The minimum Gasteiger partial charge on any atom is -0.347 e. The summed E-state index contributed by atoms with van der Waals surface area (Å²) in [6.07, 6.45) is -2.20. The quantitative estimate of drug-likeness (QED) is 0.806. The van der Waals surface area contributed by atoms with Gasteiger partial charge in [-0.05, 0) is 13.0 Å². The van der Waals surface area contributed by atoms with E-state index < -0.39 is 12.0 Å². The maximum absolute atomic E-state index is 12.2. The lowest BCUT2D eigenvalue weighted by Crippen LogP contribution is -2.22. The molecule has 7 heteroatoms. The first kappa shape index (κ1) is 12.8. The number of alkyl halides is 3. The zero-order valence-electron chi connectivity index (χ0n) is 9.36. The van der Waals surface area contributed by atoms with Gasteiger partial charge >= 0.3 is 6.18 Å². The van der Waals surface area contributed by atoms with Crippen LogP contribution >= 0.6 is 11.3 Å². The summed E-state index contributed by atoms with van der Waals surface area (Å²) < 4.78 is 38.1. The summed E-state index contributed by atoms with van der Waals surface area (Å²) in [5, 5.41) is 2.65. The van der Waals surface area contributed by atoms with Crippen LogP contribution in [0.4, 0.5) is 13.2 Å². The molecule has 0 N–H and O–H groups in total. The van der Waals surface area contributed by atoms with E-state index in [4.69, 9.17) is 0 Å². The highest BCUT2D eigenvalue weighted by Crippen LogP contribution is 2.22. The summed E-state index contributed by atoms with van der Waals surface area (Å²) in [6, 6.07) is 1.16. The third kappa shape index (κ3) is 2.79. The fourth-order valence-electron chi connectivity index (χ4n) is 1.47. The van der Waals surface area contributed by atoms with Gasteiger partial charge in [0.05, 0.1) is 6.54 Å². The van der Waals surface area contributed by atoms with Gasteiger partial charge in [0.25, 0.3) is 5.78 Å². The summed E-state index contributed by atoms with van der Waals surface area (Å²) in [5.74, 6) is -1.82. The van der Waals surface area contributed by atoms with E-state index in [1.807, 2.05) is 12.3 Å². The van der Waals surface area contributed by atoms with E-state index in [2.05, 4.69) is 4.98 Å². The Morgan fingerprint density at radius 2 is 2.22 bits per heavy atom. The van der Waals surface area contributed by atoms with E-state index in [0.717, 1.165) is 16.8 Å². The fourth-order valence-corrected chi connectivity index (χ4v) is 2.25. The van der Waals surface area contributed by atoms with Crippen molar-refractivity contribution in [2.45, 2.75) is 19.6 Å². The van der Waals surface area contributed by atoms with Crippen LogP contribution in [0.15, 0.2) is 23.8 Å². The predicted molar refractivity (Wildman–Crippen MR) is 60.8 cm³/mol. The zero-order chi connectivity index (χ0) is 13.3. The number of thiazole rings is 1. The Morgan fingerprint density at radius 1 is 1.50 bits per heavy atom. The van der Waals surface area contributed by atoms with Gasteiger partial charge in [0, 0.05) is 29.0 Å². The molecule has 0 aliphatic rings. The standard InChI is InChI=1S/C11H9F3N2OS/c1-7-6-18-9(15-7)5-16-3-2-8(4-16)10(17)11(12,13)14/h2-4,6H,5H2,1H3. The molecule has 0 aromatic carbocycles. The van der Waals surface area contributed by atoms with Crippen molar-refractivity contribution in [3.05, 3.63) is 40.1 Å². The largest absolute Gasteiger partial charge is 0.454 e. The fraction of sp³-hybridized carbons (Fsp3) is 0.273. The molecule has 0 saturated heterocycles. The molecule has 0 bridgehead atoms. The van der Waals surface area contributed by atoms with E-state index >= 15 is 0 Å². The van der Waals surface area contributed by atoms with Crippen LogP contribution in [0.2, 0.25) is 0 Å². The molecule has 0 fully saturated rings. The molecule has 96 valence electrons. The molecule has 3 nitrogen and oxygen atoms in total. The Hall–Kier alpha value is -1.63. The number of hydrogen-bond acceptors (Lipinski definition) is 3. The van der Waals surface area contributed by atoms with Crippen LogP contribution in [0, 0.1) is 6.92 Å². The van der Waals surface area contributed by atoms with Crippen LogP contribution in [-0.2, 0) is 6.54 Å². The van der Waals surface area contributed by atoms with E-state index in [1.54, 1.807) is 0 Å². The molecule has 2 aromatic rings. The topological polar surface area (TPSA) is 34.9 Å². The Labute approximate surface area is 105 Å². The number of hydrogen-bond donors (Lipinski definition) is 0. The molecule has 18 heavy (non-hydrogen) atoms. The summed E-state index contributed by atoms with van der Waals surface area (Å²) in [7, 11) is 0. The molecule has 0 unspecified atom stereocenters. The molecule has 0 aliphatic heterocycles. The van der Waals surface area contributed by atoms with Crippen LogP contribution in [0.5, 0.6) is 0 Å². The van der Waals surface area contributed by atoms with Crippen LogP contribution in [0.1, 0.15) is 21.1 Å². The van der Waals surface area contributed by atoms with Crippen LogP contribution in [0.3, 0.4) is 0 Å². The number of aryl methyl sites for hydroxylation is 1. The van der Waals surface area contributed by atoms with Crippen molar-refractivity contribution in [1.82, 2.24) is 9.55 Å². The molecule has 0 saturated carbocycles. The maximum Gasteiger partial charge on any atom is 0.454 e. The summed E-state index contributed by atoms with van der Waals surface area (Å²) in [5.41, 5.74) is 0.518. The highest BCUT2D eigenvalue weighted by molar-refractivity contribution is 7.09. The first-order valence-electron chi connectivity index (χ1n) is 5.04. The molecule has 0 amide bonds. The summed E-state index contributed by atoms with van der Waals surface area (Å²) in [6.45, 7) is 2.21. The average Bonchev–Trinajstić information content (AvgIpc) is 2.86. The Balaban J connectivity index is 2.14. The third-order valence-corrected chi connectivity index (χ3v) is 3.21. The number of carbonyl (C=O) groups is 1. The number of rotatable bonds is 3. The minimum absolute atomic E-state index is 0.351. The molecule has 2 aromatic heterocycles. The lowest BCUT2D eigenvalue weighted by molar-refractivity contribution is -0.0885. The van der Waals surface area contributed by atoms with Crippen molar-refractivity contribution in [3.63, 3.8) is 0 Å². The second kappa shape index (κ2) is 4.56. The lowest BCUT2D eigenvalue weighted by atomic mass is 10.2. The molecule has 0 atom stereocenters. The first-order valence-corrected chi connectivity index (χ1v) is 5.92. The molecular weight excluding hydrogens is 265 g/mol. The SMILES string of the molecule is Cc1csc(Cn2ccc(C(=O)C(F)(F)F)c2)n1. The monoisotopic (exact) mass is 274 g/mol. The van der Waals surface area contributed by atoms with Gasteiger partial charge < -0.3 is 4.57 Å². The van der Waals surface area contributed by atoms with Gasteiger partial charge in [0.1, 0.15) is 5.01 Å². The number of Topliss-reactive ketones (excluding diaryl/α,β-unsaturated/α-hetero) is 1. The molecular formula is C11H9F3N2OS. The molecule has 2 heterocycles. The maximum atomic E-state index is 12.2. The molecule has 0 aliphatic carbocycles. The third-order valence-electron chi connectivity index (χ3n) is 2.25.